The first kappa shape index (κ1) is 21.5. The van der Waals surface area contributed by atoms with Gasteiger partial charge in [0.1, 0.15) is 17.0 Å². The summed E-state index contributed by atoms with van der Waals surface area (Å²) in [5.74, 6) is 0.681. The van der Waals surface area contributed by atoms with Gasteiger partial charge in [0.2, 0.25) is 0 Å². The zero-order valence-corrected chi connectivity index (χ0v) is 19.4. The number of carboxylic acids is 1. The van der Waals surface area contributed by atoms with E-state index in [0.29, 0.717) is 34.0 Å². The molecule has 0 aliphatic heterocycles. The van der Waals surface area contributed by atoms with E-state index in [4.69, 9.17) is 14.1 Å². The largest absolute Gasteiger partial charge is 0.490 e. The molecule has 2 aromatic carbocycles. The number of carbonyl (C=O) groups is 1. The summed E-state index contributed by atoms with van der Waals surface area (Å²) in [6.07, 6.45) is 6.09. The highest BCUT2D eigenvalue weighted by atomic mass is 16.5. The standard InChI is InChI=1S/C28H29NO4/c1-16-13-14-24(32-18(3)19-9-5-4-6-10-19)25-21(28(30)31)15-22(29-26(16)25)27-17(2)20-11-7-8-12-23(20)33-27/h7-8,11-15,18-19H,4-6,9-10H2,1-3H3,(H,30,31). The fraction of sp³-hybridized carbons (Fsp3) is 0.357. The lowest BCUT2D eigenvalue weighted by molar-refractivity contribution is 0.0698. The van der Waals surface area contributed by atoms with Crippen molar-refractivity contribution in [1.82, 2.24) is 4.98 Å². The Hall–Kier alpha value is -3.34. The predicted molar refractivity (Wildman–Crippen MR) is 130 cm³/mol. The van der Waals surface area contributed by atoms with Gasteiger partial charge in [-0.05, 0) is 63.3 Å². The highest BCUT2D eigenvalue weighted by molar-refractivity contribution is 6.07. The van der Waals surface area contributed by atoms with E-state index in [1.165, 1.54) is 19.3 Å². The van der Waals surface area contributed by atoms with Crippen molar-refractivity contribution in [3.8, 4) is 17.2 Å². The van der Waals surface area contributed by atoms with Crippen LogP contribution < -0.4 is 4.74 Å². The SMILES string of the molecule is Cc1c(-c2cc(C(=O)O)c3c(OC(C)C4CCCCC4)ccc(C)c3n2)oc2ccccc12. The predicted octanol–water partition coefficient (Wildman–Crippen LogP) is 7.31. The number of aromatic carboxylic acids is 1. The Morgan fingerprint density at radius 3 is 2.61 bits per heavy atom. The topological polar surface area (TPSA) is 72.6 Å². The smallest absolute Gasteiger partial charge is 0.336 e. The van der Waals surface area contributed by atoms with Gasteiger partial charge < -0.3 is 14.3 Å². The molecule has 1 N–H and O–H groups in total. The van der Waals surface area contributed by atoms with Crippen LogP contribution in [0.3, 0.4) is 0 Å². The van der Waals surface area contributed by atoms with Gasteiger partial charge in [-0.2, -0.15) is 0 Å². The number of furan rings is 1. The molecule has 2 heterocycles. The number of hydrogen-bond acceptors (Lipinski definition) is 4. The van der Waals surface area contributed by atoms with E-state index in [2.05, 4.69) is 6.92 Å². The van der Waals surface area contributed by atoms with Crippen molar-refractivity contribution < 1.29 is 19.1 Å². The number of benzene rings is 2. The highest BCUT2D eigenvalue weighted by Gasteiger charge is 2.25. The molecule has 5 nitrogen and oxygen atoms in total. The number of pyridine rings is 1. The van der Waals surface area contributed by atoms with Crippen molar-refractivity contribution in [2.45, 2.75) is 59.0 Å². The van der Waals surface area contributed by atoms with Gasteiger partial charge >= 0.3 is 5.97 Å². The Kier molecular flexibility index (Phi) is 5.57. The van der Waals surface area contributed by atoms with Crippen molar-refractivity contribution in [2.75, 3.05) is 0 Å². The minimum atomic E-state index is -1.00. The molecule has 1 unspecified atom stereocenters. The molecule has 1 fully saturated rings. The van der Waals surface area contributed by atoms with Crippen LogP contribution in [0.2, 0.25) is 0 Å². The molecule has 1 aliphatic rings. The molecule has 0 bridgehead atoms. The van der Waals surface area contributed by atoms with Gasteiger partial charge in [-0.25, -0.2) is 9.78 Å². The first-order valence-corrected chi connectivity index (χ1v) is 11.8. The Balaban J connectivity index is 1.65. The fourth-order valence-electron chi connectivity index (χ4n) is 5.14. The molecule has 0 spiro atoms. The molecular weight excluding hydrogens is 414 g/mol. The Labute approximate surface area is 193 Å². The number of nitrogens with zero attached hydrogens (tertiary/aromatic N) is 1. The number of ether oxygens (including phenoxy) is 1. The number of aromatic nitrogens is 1. The van der Waals surface area contributed by atoms with Gasteiger partial charge in [-0.1, -0.05) is 43.5 Å². The number of para-hydroxylation sites is 1. The van der Waals surface area contributed by atoms with Crippen LogP contribution in [0.25, 0.3) is 33.3 Å². The quantitative estimate of drug-likeness (QED) is 0.350. The molecule has 4 aromatic rings. The molecule has 0 radical (unpaired) electrons. The van der Waals surface area contributed by atoms with E-state index in [0.717, 1.165) is 34.9 Å². The second-order valence-electron chi connectivity index (χ2n) is 9.24. The van der Waals surface area contributed by atoms with Crippen LogP contribution in [0.4, 0.5) is 0 Å². The van der Waals surface area contributed by atoms with Gasteiger partial charge in [0, 0.05) is 10.9 Å². The van der Waals surface area contributed by atoms with Gasteiger partial charge in [0.15, 0.2) is 5.76 Å². The highest BCUT2D eigenvalue weighted by Crippen LogP contribution is 2.38. The summed E-state index contributed by atoms with van der Waals surface area (Å²) in [4.78, 5) is 17.3. The molecular formula is C28H29NO4. The van der Waals surface area contributed by atoms with Crippen LogP contribution in [-0.4, -0.2) is 22.2 Å². The Morgan fingerprint density at radius 1 is 1.12 bits per heavy atom. The van der Waals surface area contributed by atoms with E-state index < -0.39 is 5.97 Å². The number of aryl methyl sites for hydroxylation is 2. The van der Waals surface area contributed by atoms with E-state index in [1.54, 1.807) is 6.07 Å². The first-order chi connectivity index (χ1) is 15.9. The van der Waals surface area contributed by atoms with Crippen LogP contribution in [0, 0.1) is 19.8 Å². The van der Waals surface area contributed by atoms with E-state index in [1.807, 2.05) is 50.2 Å². The summed E-state index contributed by atoms with van der Waals surface area (Å²) in [5, 5.41) is 11.7. The normalized spacial score (nSPS) is 15.7. The second-order valence-corrected chi connectivity index (χ2v) is 9.24. The van der Waals surface area contributed by atoms with Gasteiger partial charge in [-0.15, -0.1) is 0 Å². The average Bonchev–Trinajstić information content (AvgIpc) is 3.17. The van der Waals surface area contributed by atoms with Crippen LogP contribution in [-0.2, 0) is 0 Å². The minimum Gasteiger partial charge on any atom is -0.490 e. The summed E-state index contributed by atoms with van der Waals surface area (Å²) < 4.78 is 12.5. The summed E-state index contributed by atoms with van der Waals surface area (Å²) in [6.45, 7) is 6.03. The molecule has 1 atom stereocenters. The number of hydrogen-bond donors (Lipinski definition) is 1. The summed E-state index contributed by atoms with van der Waals surface area (Å²) >= 11 is 0. The maximum atomic E-state index is 12.4. The molecule has 2 aromatic heterocycles. The van der Waals surface area contributed by atoms with Crippen LogP contribution in [0.15, 0.2) is 46.9 Å². The lowest BCUT2D eigenvalue weighted by Gasteiger charge is -2.28. The van der Waals surface area contributed by atoms with E-state index in [-0.39, 0.29) is 11.7 Å². The zero-order valence-electron chi connectivity index (χ0n) is 19.4. The third-order valence-electron chi connectivity index (χ3n) is 7.06. The van der Waals surface area contributed by atoms with E-state index in [9.17, 15) is 9.90 Å². The van der Waals surface area contributed by atoms with Gasteiger partial charge in [-0.3, -0.25) is 0 Å². The van der Waals surface area contributed by atoms with Crippen LogP contribution in [0.5, 0.6) is 5.75 Å². The molecule has 0 amide bonds. The maximum Gasteiger partial charge on any atom is 0.336 e. The number of fused-ring (bicyclic) bond motifs is 2. The zero-order chi connectivity index (χ0) is 23.1. The van der Waals surface area contributed by atoms with Crippen molar-refractivity contribution in [3.05, 3.63) is 59.2 Å². The monoisotopic (exact) mass is 443 g/mol. The molecule has 170 valence electrons. The van der Waals surface area contributed by atoms with Crippen molar-refractivity contribution in [2.24, 2.45) is 5.92 Å². The van der Waals surface area contributed by atoms with Crippen molar-refractivity contribution >= 4 is 27.8 Å². The summed E-state index contributed by atoms with van der Waals surface area (Å²) in [6, 6.07) is 13.3. The first-order valence-electron chi connectivity index (χ1n) is 11.8. The molecule has 5 heteroatoms. The summed E-state index contributed by atoms with van der Waals surface area (Å²) in [7, 11) is 0. The van der Waals surface area contributed by atoms with Crippen molar-refractivity contribution in [1.29, 1.82) is 0 Å². The lowest BCUT2D eigenvalue weighted by atomic mass is 9.86. The van der Waals surface area contributed by atoms with Gasteiger partial charge in [0.05, 0.1) is 22.6 Å². The average molecular weight is 444 g/mol. The maximum absolute atomic E-state index is 12.4. The molecule has 1 saturated carbocycles. The Morgan fingerprint density at radius 2 is 1.88 bits per heavy atom. The lowest BCUT2D eigenvalue weighted by Crippen LogP contribution is -2.26. The third kappa shape index (κ3) is 3.86. The molecule has 1 aliphatic carbocycles. The van der Waals surface area contributed by atoms with Crippen LogP contribution in [0.1, 0.15) is 60.5 Å². The molecule has 33 heavy (non-hydrogen) atoms. The Bertz CT molecular complexity index is 1350. The number of rotatable bonds is 5. The van der Waals surface area contributed by atoms with E-state index >= 15 is 0 Å². The summed E-state index contributed by atoms with van der Waals surface area (Å²) in [5.41, 5.74) is 3.96. The van der Waals surface area contributed by atoms with Gasteiger partial charge in [0.25, 0.3) is 0 Å². The minimum absolute atomic E-state index is 0.0233. The molecule has 5 rings (SSSR count). The van der Waals surface area contributed by atoms with Crippen LogP contribution >= 0.6 is 0 Å². The number of carboxylic acid groups (broad SMARTS) is 1. The molecule has 0 saturated heterocycles. The second kappa shape index (κ2) is 8.54. The van der Waals surface area contributed by atoms with Crippen molar-refractivity contribution in [3.63, 3.8) is 0 Å². The third-order valence-corrected chi connectivity index (χ3v) is 7.06. The fourth-order valence-corrected chi connectivity index (χ4v) is 5.14.